The lowest BCUT2D eigenvalue weighted by Crippen LogP contribution is -2.44. The van der Waals surface area contributed by atoms with Gasteiger partial charge in [-0.3, -0.25) is 14.5 Å². The lowest BCUT2D eigenvalue weighted by molar-refractivity contribution is -0.131. The molecule has 0 radical (unpaired) electrons. The molecule has 6 heteroatoms. The third-order valence-electron chi connectivity index (χ3n) is 5.87. The van der Waals surface area contributed by atoms with Gasteiger partial charge < -0.3 is 10.6 Å². The van der Waals surface area contributed by atoms with E-state index >= 15 is 0 Å². The van der Waals surface area contributed by atoms with Gasteiger partial charge in [0.1, 0.15) is 5.54 Å². The second kappa shape index (κ2) is 7.11. The highest BCUT2D eigenvalue weighted by Gasteiger charge is 2.52. The summed E-state index contributed by atoms with van der Waals surface area (Å²) >= 11 is 0. The molecule has 3 aliphatic rings. The van der Waals surface area contributed by atoms with Gasteiger partial charge in [-0.2, -0.15) is 0 Å². The summed E-state index contributed by atoms with van der Waals surface area (Å²) in [4.78, 5) is 37.9. The maximum Gasteiger partial charge on any atom is 0.325 e. The van der Waals surface area contributed by atoms with Crippen molar-refractivity contribution in [1.29, 1.82) is 0 Å². The molecular formula is C18H29N3O3. The largest absolute Gasteiger partial charge is 0.353 e. The molecule has 24 heavy (non-hydrogen) atoms. The summed E-state index contributed by atoms with van der Waals surface area (Å²) in [6, 6.07) is 0.00996. The molecule has 3 rings (SSSR count). The number of hydrogen-bond acceptors (Lipinski definition) is 3. The quantitative estimate of drug-likeness (QED) is 0.757. The Hall–Kier alpha value is -1.59. The van der Waals surface area contributed by atoms with Crippen LogP contribution in [0.4, 0.5) is 4.79 Å². The van der Waals surface area contributed by atoms with E-state index in [1.165, 1.54) is 17.7 Å². The first-order chi connectivity index (χ1) is 11.5. The Labute approximate surface area is 143 Å². The minimum atomic E-state index is -0.641. The highest BCUT2D eigenvalue weighted by molar-refractivity contribution is 6.07. The van der Waals surface area contributed by atoms with Gasteiger partial charge in [-0.15, -0.1) is 0 Å². The summed E-state index contributed by atoms with van der Waals surface area (Å²) < 4.78 is 0. The van der Waals surface area contributed by atoms with Gasteiger partial charge in [-0.1, -0.05) is 19.8 Å². The third kappa shape index (κ3) is 3.57. The van der Waals surface area contributed by atoms with Crippen LogP contribution in [0.15, 0.2) is 0 Å². The molecule has 0 aromatic carbocycles. The molecule has 6 nitrogen and oxygen atoms in total. The number of imide groups is 1. The van der Waals surface area contributed by atoms with E-state index < -0.39 is 5.54 Å². The van der Waals surface area contributed by atoms with Crippen LogP contribution in [0.5, 0.6) is 0 Å². The predicted octanol–water partition coefficient (Wildman–Crippen LogP) is 2.33. The van der Waals surface area contributed by atoms with Gasteiger partial charge in [0.2, 0.25) is 5.91 Å². The number of carbonyl (C=O) groups is 3. The smallest absolute Gasteiger partial charge is 0.325 e. The van der Waals surface area contributed by atoms with Crippen molar-refractivity contribution >= 4 is 17.8 Å². The van der Waals surface area contributed by atoms with Gasteiger partial charge in [0, 0.05) is 19.0 Å². The molecule has 2 saturated carbocycles. The Balaban J connectivity index is 1.40. The molecule has 0 aromatic heterocycles. The molecule has 1 spiro atoms. The Kier molecular flexibility index (Phi) is 5.11. The average Bonchev–Trinajstić information content (AvgIpc) is 3.10. The van der Waals surface area contributed by atoms with E-state index in [1.54, 1.807) is 0 Å². The Morgan fingerprint density at radius 2 is 1.88 bits per heavy atom. The van der Waals surface area contributed by atoms with Gasteiger partial charge in [0.15, 0.2) is 0 Å². The number of amides is 4. The van der Waals surface area contributed by atoms with Gasteiger partial charge in [-0.25, -0.2) is 4.79 Å². The van der Waals surface area contributed by atoms with Crippen LogP contribution in [0, 0.1) is 5.92 Å². The molecule has 134 valence electrons. The van der Waals surface area contributed by atoms with Crippen LogP contribution in [-0.4, -0.2) is 40.9 Å². The van der Waals surface area contributed by atoms with Crippen LogP contribution < -0.4 is 10.6 Å². The molecule has 2 aliphatic carbocycles. The van der Waals surface area contributed by atoms with E-state index in [0.29, 0.717) is 25.4 Å². The van der Waals surface area contributed by atoms with Crippen LogP contribution in [0.3, 0.4) is 0 Å². The zero-order valence-electron chi connectivity index (χ0n) is 14.6. The first-order valence-corrected chi connectivity index (χ1v) is 9.44. The molecule has 1 heterocycles. The van der Waals surface area contributed by atoms with E-state index in [1.807, 2.05) is 0 Å². The highest BCUT2D eigenvalue weighted by Crippen LogP contribution is 2.35. The van der Waals surface area contributed by atoms with Crippen molar-refractivity contribution < 1.29 is 14.4 Å². The molecule has 0 aromatic rings. The normalized spacial score (nSPS) is 29.1. The van der Waals surface area contributed by atoms with Crippen LogP contribution in [0.1, 0.15) is 71.1 Å². The molecule has 0 unspecified atom stereocenters. The zero-order chi connectivity index (χ0) is 17.2. The molecule has 1 saturated heterocycles. The summed E-state index contributed by atoms with van der Waals surface area (Å²) in [6.07, 6.45) is 8.84. The monoisotopic (exact) mass is 335 g/mol. The lowest BCUT2D eigenvalue weighted by Gasteiger charge is -2.27. The molecule has 0 atom stereocenters. The molecule has 2 N–H and O–H groups in total. The van der Waals surface area contributed by atoms with Crippen LogP contribution >= 0.6 is 0 Å². The Morgan fingerprint density at radius 1 is 1.21 bits per heavy atom. The average molecular weight is 335 g/mol. The van der Waals surface area contributed by atoms with Crippen LogP contribution in [-0.2, 0) is 9.59 Å². The number of hydrogen-bond donors (Lipinski definition) is 2. The first-order valence-electron chi connectivity index (χ1n) is 9.44. The molecule has 3 fully saturated rings. The maximum absolute atomic E-state index is 12.5. The van der Waals surface area contributed by atoms with Gasteiger partial charge in [-0.05, 0) is 50.9 Å². The van der Waals surface area contributed by atoms with Crippen molar-refractivity contribution in [2.24, 2.45) is 5.92 Å². The van der Waals surface area contributed by atoms with Gasteiger partial charge in [0.25, 0.3) is 5.91 Å². The number of urea groups is 1. The van der Waals surface area contributed by atoms with Crippen molar-refractivity contribution in [3.8, 4) is 0 Å². The van der Waals surface area contributed by atoms with Gasteiger partial charge in [0.05, 0.1) is 0 Å². The molecule has 0 bridgehead atoms. The van der Waals surface area contributed by atoms with Crippen molar-refractivity contribution in [2.45, 2.75) is 82.7 Å². The second-order valence-electron chi connectivity index (χ2n) is 7.80. The van der Waals surface area contributed by atoms with Crippen LogP contribution in [0.2, 0.25) is 0 Å². The summed E-state index contributed by atoms with van der Waals surface area (Å²) in [5.41, 5.74) is -0.641. The lowest BCUT2D eigenvalue weighted by atomic mass is 9.87. The Bertz CT molecular complexity index is 506. The fourth-order valence-electron chi connectivity index (χ4n) is 4.30. The minimum absolute atomic E-state index is 0.0391. The number of nitrogens with zero attached hydrogens (tertiary/aromatic N) is 1. The third-order valence-corrected chi connectivity index (χ3v) is 5.87. The van der Waals surface area contributed by atoms with Crippen molar-refractivity contribution in [2.75, 3.05) is 6.54 Å². The van der Waals surface area contributed by atoms with E-state index in [0.717, 1.165) is 44.4 Å². The summed E-state index contributed by atoms with van der Waals surface area (Å²) in [5, 5.41) is 5.97. The van der Waals surface area contributed by atoms with E-state index in [-0.39, 0.29) is 17.8 Å². The molecule has 1 aliphatic heterocycles. The minimum Gasteiger partial charge on any atom is -0.353 e. The predicted molar refractivity (Wildman–Crippen MR) is 90.2 cm³/mol. The topological polar surface area (TPSA) is 78.5 Å². The van der Waals surface area contributed by atoms with E-state index in [9.17, 15) is 14.4 Å². The first kappa shape index (κ1) is 17.2. The van der Waals surface area contributed by atoms with Crippen molar-refractivity contribution in [1.82, 2.24) is 15.5 Å². The maximum atomic E-state index is 12.5. The molecule has 4 amide bonds. The summed E-state index contributed by atoms with van der Waals surface area (Å²) in [7, 11) is 0. The standard InChI is InChI=1S/C18H29N3O3/c1-13-6-8-14(9-7-13)19-15(22)5-4-12-21-16(23)18(20-17(21)24)10-2-3-11-18/h13-14H,2-12H2,1H3,(H,19,22)(H,20,24). The summed E-state index contributed by atoms with van der Waals surface area (Å²) in [5.74, 6) is 0.713. The number of nitrogens with one attached hydrogen (secondary N) is 2. The van der Waals surface area contributed by atoms with Crippen molar-refractivity contribution in [3.63, 3.8) is 0 Å². The van der Waals surface area contributed by atoms with Gasteiger partial charge >= 0.3 is 6.03 Å². The fourth-order valence-corrected chi connectivity index (χ4v) is 4.30. The van der Waals surface area contributed by atoms with Crippen LogP contribution in [0.25, 0.3) is 0 Å². The highest BCUT2D eigenvalue weighted by atomic mass is 16.2. The second-order valence-corrected chi connectivity index (χ2v) is 7.80. The number of rotatable bonds is 5. The fraction of sp³-hybridized carbons (Fsp3) is 0.833. The SMILES string of the molecule is CC1CCC(NC(=O)CCCN2C(=O)NC3(CCCC3)C2=O)CC1. The number of carbonyl (C=O) groups excluding carboxylic acids is 3. The molecular weight excluding hydrogens is 306 g/mol. The zero-order valence-corrected chi connectivity index (χ0v) is 14.6. The summed E-state index contributed by atoms with van der Waals surface area (Å²) in [6.45, 7) is 2.59. The van der Waals surface area contributed by atoms with Crippen molar-refractivity contribution in [3.05, 3.63) is 0 Å². The van der Waals surface area contributed by atoms with E-state index in [2.05, 4.69) is 17.6 Å². The van der Waals surface area contributed by atoms with E-state index in [4.69, 9.17) is 0 Å². The Morgan fingerprint density at radius 3 is 2.54 bits per heavy atom.